The summed E-state index contributed by atoms with van der Waals surface area (Å²) in [5, 5.41) is 3.50. The van der Waals surface area contributed by atoms with E-state index in [9.17, 15) is 4.79 Å². The fraction of sp³-hybridized carbons (Fsp3) is 0.562. The van der Waals surface area contributed by atoms with Crippen LogP contribution in [0.15, 0.2) is 18.2 Å². The third-order valence-electron chi connectivity index (χ3n) is 3.29. The Morgan fingerprint density at radius 2 is 2.11 bits per heavy atom. The zero-order valence-corrected chi connectivity index (χ0v) is 12.5. The van der Waals surface area contributed by atoms with Gasteiger partial charge in [0.15, 0.2) is 0 Å². The van der Waals surface area contributed by atoms with Gasteiger partial charge in [-0.3, -0.25) is 0 Å². The average Bonchev–Trinajstić information content (AvgIpc) is 2.40. The molecule has 0 saturated heterocycles. The molecule has 0 spiro atoms. The van der Waals surface area contributed by atoms with Crippen LogP contribution in [0.1, 0.15) is 55.5 Å². The molecule has 0 amide bonds. The van der Waals surface area contributed by atoms with Crippen LogP contribution in [-0.4, -0.2) is 19.1 Å². The van der Waals surface area contributed by atoms with Crippen LogP contribution in [0.2, 0.25) is 0 Å². The van der Waals surface area contributed by atoms with E-state index < -0.39 is 0 Å². The summed E-state index contributed by atoms with van der Waals surface area (Å²) in [4.78, 5) is 11.4. The normalized spacial score (nSPS) is 12.0. The Morgan fingerprint density at radius 3 is 2.68 bits per heavy atom. The minimum atomic E-state index is -0.286. The van der Waals surface area contributed by atoms with Crippen molar-refractivity contribution >= 4 is 11.7 Å². The van der Waals surface area contributed by atoms with Crippen molar-refractivity contribution in [2.45, 2.75) is 52.5 Å². The summed E-state index contributed by atoms with van der Waals surface area (Å²) in [6, 6.07) is 6.08. The molecule has 1 aromatic rings. The second-order valence-electron chi connectivity index (χ2n) is 5.06. The third kappa shape index (κ3) is 4.93. The molecule has 0 aliphatic rings. The Labute approximate surface area is 116 Å². The number of methoxy groups -OCH3 is 1. The first-order valence-corrected chi connectivity index (χ1v) is 7.04. The van der Waals surface area contributed by atoms with E-state index in [1.165, 1.54) is 32.8 Å². The molecule has 0 radical (unpaired) electrons. The molecule has 0 saturated carbocycles. The highest BCUT2D eigenvalue weighted by Crippen LogP contribution is 2.19. The fourth-order valence-electron chi connectivity index (χ4n) is 2.11. The molecule has 1 unspecified atom stereocenters. The van der Waals surface area contributed by atoms with Gasteiger partial charge in [0.1, 0.15) is 0 Å². The molecule has 1 rings (SSSR count). The number of nitrogens with one attached hydrogen (secondary N) is 1. The maximum atomic E-state index is 11.4. The van der Waals surface area contributed by atoms with E-state index in [0.29, 0.717) is 11.6 Å². The van der Waals surface area contributed by atoms with Crippen molar-refractivity contribution in [3.63, 3.8) is 0 Å². The quantitative estimate of drug-likeness (QED) is 0.593. The number of esters is 1. The zero-order chi connectivity index (χ0) is 14.3. The van der Waals surface area contributed by atoms with Crippen molar-refractivity contribution in [1.82, 2.24) is 0 Å². The average molecular weight is 263 g/mol. The summed E-state index contributed by atoms with van der Waals surface area (Å²) in [6.45, 7) is 6.42. The molecule has 0 bridgehead atoms. The molecule has 0 aliphatic carbocycles. The fourth-order valence-corrected chi connectivity index (χ4v) is 2.11. The van der Waals surface area contributed by atoms with E-state index in [2.05, 4.69) is 19.2 Å². The Bertz CT molecular complexity index is 415. The van der Waals surface area contributed by atoms with Crippen LogP contribution in [-0.2, 0) is 4.74 Å². The summed E-state index contributed by atoms with van der Waals surface area (Å²) in [6.07, 6.45) is 4.96. The lowest BCUT2D eigenvalue weighted by atomic mass is 10.1. The monoisotopic (exact) mass is 263 g/mol. The molecule has 1 aromatic carbocycles. The molecular weight excluding hydrogens is 238 g/mol. The Hall–Kier alpha value is -1.51. The van der Waals surface area contributed by atoms with Gasteiger partial charge >= 0.3 is 5.97 Å². The predicted molar refractivity (Wildman–Crippen MR) is 79.7 cm³/mol. The summed E-state index contributed by atoms with van der Waals surface area (Å²) < 4.78 is 4.72. The Kier molecular flexibility index (Phi) is 6.40. The maximum Gasteiger partial charge on any atom is 0.337 e. The molecular formula is C16H25NO2. The standard InChI is InChI=1S/C16H25NO2/c1-5-6-7-8-13(3)17-15-10-9-14(11-12(15)2)16(18)19-4/h9-11,13,17H,5-8H2,1-4H3. The summed E-state index contributed by atoms with van der Waals surface area (Å²) in [5.41, 5.74) is 2.77. The van der Waals surface area contributed by atoms with E-state index in [4.69, 9.17) is 4.74 Å². The smallest absolute Gasteiger partial charge is 0.337 e. The molecule has 0 aliphatic heterocycles. The van der Waals surface area contributed by atoms with E-state index in [1.807, 2.05) is 19.1 Å². The molecule has 0 fully saturated rings. The summed E-state index contributed by atoms with van der Waals surface area (Å²) >= 11 is 0. The molecule has 1 atom stereocenters. The number of aryl methyl sites for hydroxylation is 1. The first kappa shape index (κ1) is 15.5. The molecule has 19 heavy (non-hydrogen) atoms. The van der Waals surface area contributed by atoms with E-state index in [1.54, 1.807) is 6.07 Å². The highest BCUT2D eigenvalue weighted by Gasteiger charge is 2.09. The molecule has 1 N–H and O–H groups in total. The van der Waals surface area contributed by atoms with E-state index in [0.717, 1.165) is 11.3 Å². The highest BCUT2D eigenvalue weighted by atomic mass is 16.5. The van der Waals surface area contributed by atoms with Crippen LogP contribution in [0.5, 0.6) is 0 Å². The molecule has 0 heterocycles. The number of hydrogen-bond acceptors (Lipinski definition) is 3. The molecule has 3 nitrogen and oxygen atoms in total. The van der Waals surface area contributed by atoms with Gasteiger partial charge in [0, 0.05) is 11.7 Å². The number of carbonyl (C=O) groups is 1. The lowest BCUT2D eigenvalue weighted by Crippen LogP contribution is -2.16. The van der Waals surface area contributed by atoms with Crippen molar-refractivity contribution in [2.24, 2.45) is 0 Å². The third-order valence-corrected chi connectivity index (χ3v) is 3.29. The van der Waals surface area contributed by atoms with Crippen LogP contribution >= 0.6 is 0 Å². The number of anilines is 1. The van der Waals surface area contributed by atoms with Crippen molar-refractivity contribution in [1.29, 1.82) is 0 Å². The van der Waals surface area contributed by atoms with E-state index in [-0.39, 0.29) is 5.97 Å². The SMILES string of the molecule is CCCCCC(C)Nc1ccc(C(=O)OC)cc1C. The summed E-state index contributed by atoms with van der Waals surface area (Å²) in [5.74, 6) is -0.286. The van der Waals surface area contributed by atoms with Gasteiger partial charge in [-0.1, -0.05) is 26.2 Å². The van der Waals surface area contributed by atoms with Gasteiger partial charge in [-0.15, -0.1) is 0 Å². The lowest BCUT2D eigenvalue weighted by molar-refractivity contribution is 0.0600. The number of rotatable bonds is 7. The van der Waals surface area contributed by atoms with Gasteiger partial charge < -0.3 is 10.1 Å². The topological polar surface area (TPSA) is 38.3 Å². The van der Waals surface area contributed by atoms with Gasteiger partial charge in [-0.2, -0.15) is 0 Å². The van der Waals surface area contributed by atoms with Crippen LogP contribution in [0.3, 0.4) is 0 Å². The lowest BCUT2D eigenvalue weighted by Gasteiger charge is -2.17. The molecule has 106 valence electrons. The van der Waals surface area contributed by atoms with Gasteiger partial charge in [-0.05, 0) is 44.0 Å². The Morgan fingerprint density at radius 1 is 1.37 bits per heavy atom. The predicted octanol–water partition coefficient (Wildman–Crippen LogP) is 4.16. The molecule has 0 aromatic heterocycles. The first-order valence-electron chi connectivity index (χ1n) is 7.04. The second-order valence-corrected chi connectivity index (χ2v) is 5.06. The second kappa shape index (κ2) is 7.82. The number of hydrogen-bond donors (Lipinski definition) is 1. The van der Waals surface area contributed by atoms with Gasteiger partial charge in [0.2, 0.25) is 0 Å². The van der Waals surface area contributed by atoms with Crippen LogP contribution < -0.4 is 5.32 Å². The zero-order valence-electron chi connectivity index (χ0n) is 12.5. The minimum Gasteiger partial charge on any atom is -0.465 e. The van der Waals surface area contributed by atoms with Gasteiger partial charge in [0.05, 0.1) is 12.7 Å². The van der Waals surface area contributed by atoms with Crippen LogP contribution in [0.4, 0.5) is 5.69 Å². The number of carbonyl (C=O) groups excluding carboxylic acids is 1. The van der Waals surface area contributed by atoms with Gasteiger partial charge in [-0.25, -0.2) is 4.79 Å². The summed E-state index contributed by atoms with van der Waals surface area (Å²) in [7, 11) is 1.40. The van der Waals surface area contributed by atoms with Gasteiger partial charge in [0.25, 0.3) is 0 Å². The van der Waals surface area contributed by atoms with Crippen LogP contribution in [0, 0.1) is 6.92 Å². The van der Waals surface area contributed by atoms with Crippen molar-refractivity contribution < 1.29 is 9.53 Å². The minimum absolute atomic E-state index is 0.286. The van der Waals surface area contributed by atoms with Crippen molar-refractivity contribution in [3.8, 4) is 0 Å². The highest BCUT2D eigenvalue weighted by molar-refractivity contribution is 5.90. The van der Waals surface area contributed by atoms with E-state index >= 15 is 0 Å². The largest absolute Gasteiger partial charge is 0.465 e. The number of benzene rings is 1. The van der Waals surface area contributed by atoms with Crippen molar-refractivity contribution in [3.05, 3.63) is 29.3 Å². The first-order chi connectivity index (χ1) is 9.08. The number of unbranched alkanes of at least 4 members (excludes halogenated alkanes) is 2. The maximum absolute atomic E-state index is 11.4. The van der Waals surface area contributed by atoms with Crippen molar-refractivity contribution in [2.75, 3.05) is 12.4 Å². The molecule has 3 heteroatoms. The number of ether oxygens (including phenoxy) is 1. The van der Waals surface area contributed by atoms with Crippen LogP contribution in [0.25, 0.3) is 0 Å². The Balaban J connectivity index is 2.61.